The van der Waals surface area contributed by atoms with E-state index >= 15 is 0 Å². The second kappa shape index (κ2) is 9.09. The molecule has 0 saturated carbocycles. The zero-order valence-corrected chi connectivity index (χ0v) is 20.3. The van der Waals surface area contributed by atoms with Gasteiger partial charge < -0.3 is 14.6 Å². The smallest absolute Gasteiger partial charge is 0.432 e. The molecule has 184 valence electrons. The molecule has 1 N–H and O–H groups in total. The summed E-state index contributed by atoms with van der Waals surface area (Å²) in [5.41, 5.74) is -0.539. The van der Waals surface area contributed by atoms with Crippen LogP contribution in [0.15, 0.2) is 30.6 Å². The van der Waals surface area contributed by atoms with E-state index in [1.165, 1.54) is 10.7 Å². The van der Waals surface area contributed by atoms with Crippen LogP contribution >= 0.6 is 0 Å². The number of fused-ring (bicyclic) bond motifs is 1. The minimum absolute atomic E-state index is 0.0511. The van der Waals surface area contributed by atoms with E-state index in [2.05, 4.69) is 10.2 Å². The largest absolute Gasteiger partial charge is 0.463 e. The number of nitrogens with zero attached hydrogens (tertiary/aromatic N) is 6. The second-order valence-electron chi connectivity index (χ2n) is 9.63. The van der Waals surface area contributed by atoms with E-state index in [1.807, 2.05) is 6.07 Å². The third-order valence-electron chi connectivity index (χ3n) is 4.40. The van der Waals surface area contributed by atoms with Gasteiger partial charge in [-0.2, -0.15) is 19.9 Å². The van der Waals surface area contributed by atoms with E-state index in [4.69, 9.17) is 14.7 Å². The molecule has 2 amide bonds. The summed E-state index contributed by atoms with van der Waals surface area (Å²) in [4.78, 5) is 38.7. The highest BCUT2D eigenvalue weighted by molar-refractivity contribution is 6.14. The summed E-state index contributed by atoms with van der Waals surface area (Å²) < 4.78 is 12.9. The molecule has 0 aliphatic heterocycles. The van der Waals surface area contributed by atoms with Gasteiger partial charge in [0.25, 0.3) is 0 Å². The van der Waals surface area contributed by atoms with Crippen molar-refractivity contribution in [3.8, 4) is 17.2 Å². The van der Waals surface area contributed by atoms with E-state index in [0.29, 0.717) is 20.7 Å². The Balaban J connectivity index is 2.22. The molecule has 12 nitrogen and oxygen atoms in total. The van der Waals surface area contributed by atoms with Gasteiger partial charge in [0.05, 0.1) is 17.8 Å². The molecule has 0 fully saturated rings. The van der Waals surface area contributed by atoms with Crippen molar-refractivity contribution in [3.63, 3.8) is 0 Å². The van der Waals surface area contributed by atoms with E-state index in [-0.39, 0.29) is 23.3 Å². The molecule has 0 atom stereocenters. The fourth-order valence-corrected chi connectivity index (χ4v) is 3.13. The SMILES string of the molecule is CC(C)(C)OC(=O)N(C(=O)OC(C)(C)C)c1nn(C(=O)O)c2ccc(-c3cnn(CC#N)c3)cc12. The van der Waals surface area contributed by atoms with Crippen LogP contribution < -0.4 is 4.90 Å². The molecule has 0 aliphatic rings. The van der Waals surface area contributed by atoms with Crippen molar-refractivity contribution in [2.75, 3.05) is 4.90 Å². The van der Waals surface area contributed by atoms with Gasteiger partial charge in [-0.25, -0.2) is 14.4 Å². The highest BCUT2D eigenvalue weighted by Crippen LogP contribution is 2.33. The van der Waals surface area contributed by atoms with Crippen molar-refractivity contribution in [1.82, 2.24) is 19.6 Å². The Morgan fingerprint density at radius 3 is 2.17 bits per heavy atom. The van der Waals surface area contributed by atoms with Crippen LogP contribution in [0, 0.1) is 11.3 Å². The number of hydrogen-bond acceptors (Lipinski definition) is 8. The Bertz CT molecular complexity index is 1310. The number of nitriles is 1. The standard InChI is InChI=1S/C23H26N6O6/c1-22(2,3)34-20(32)28(21(33)35-23(4,5)6)18-16-11-14(15-12-25-27(13-15)10-9-24)7-8-17(16)29(26-18)19(30)31/h7-8,11-13H,10H2,1-6H3,(H,30,31). The number of imide groups is 1. The number of hydrogen-bond donors (Lipinski definition) is 1. The van der Waals surface area contributed by atoms with Gasteiger partial charge in [-0.05, 0) is 59.2 Å². The maximum absolute atomic E-state index is 13.1. The van der Waals surface area contributed by atoms with Gasteiger partial charge in [-0.1, -0.05) is 6.07 Å². The first kappa shape index (κ1) is 25.2. The van der Waals surface area contributed by atoms with Gasteiger partial charge in [0.2, 0.25) is 0 Å². The van der Waals surface area contributed by atoms with Crippen LogP contribution in [0.25, 0.3) is 22.0 Å². The molecule has 12 heteroatoms. The summed E-state index contributed by atoms with van der Waals surface area (Å²) in [6.45, 7) is 9.82. The lowest BCUT2D eigenvalue weighted by Gasteiger charge is -2.27. The Morgan fingerprint density at radius 1 is 1.06 bits per heavy atom. The maximum Gasteiger partial charge on any atom is 0.432 e. The van der Waals surface area contributed by atoms with Crippen molar-refractivity contribution in [1.29, 1.82) is 5.26 Å². The normalized spacial score (nSPS) is 11.7. The monoisotopic (exact) mass is 482 g/mol. The average Bonchev–Trinajstić information content (AvgIpc) is 3.30. The molecule has 3 aromatic rings. The summed E-state index contributed by atoms with van der Waals surface area (Å²) in [5.74, 6) is -0.267. The number of amides is 2. The van der Waals surface area contributed by atoms with Crippen molar-refractivity contribution in [2.24, 2.45) is 0 Å². The van der Waals surface area contributed by atoms with E-state index < -0.39 is 29.5 Å². The number of carboxylic acid groups (broad SMARTS) is 1. The van der Waals surface area contributed by atoms with Crippen LogP contribution in [0.2, 0.25) is 0 Å². The van der Waals surface area contributed by atoms with Crippen molar-refractivity contribution in [2.45, 2.75) is 59.3 Å². The Hall–Kier alpha value is -4.40. The number of rotatable bonds is 3. The van der Waals surface area contributed by atoms with Crippen LogP contribution in [-0.4, -0.2) is 54.1 Å². The highest BCUT2D eigenvalue weighted by Gasteiger charge is 2.36. The molecular weight excluding hydrogens is 456 g/mol. The number of carbonyl (C=O) groups is 3. The zero-order chi connectivity index (χ0) is 26.1. The first-order chi connectivity index (χ1) is 16.2. The summed E-state index contributed by atoms with van der Waals surface area (Å²) in [5, 5.41) is 26.9. The minimum atomic E-state index is -1.41. The molecule has 0 bridgehead atoms. The average molecular weight is 482 g/mol. The number of ether oxygens (including phenoxy) is 2. The molecule has 0 unspecified atom stereocenters. The molecule has 1 aromatic carbocycles. The van der Waals surface area contributed by atoms with Crippen LogP contribution in [-0.2, 0) is 16.0 Å². The molecule has 0 radical (unpaired) electrons. The lowest BCUT2D eigenvalue weighted by molar-refractivity contribution is 0.0429. The van der Waals surface area contributed by atoms with Crippen LogP contribution in [0.5, 0.6) is 0 Å². The molecule has 2 heterocycles. The summed E-state index contributed by atoms with van der Waals surface area (Å²) >= 11 is 0. The van der Waals surface area contributed by atoms with E-state index in [9.17, 15) is 19.5 Å². The molecule has 35 heavy (non-hydrogen) atoms. The molecule has 0 aliphatic carbocycles. The first-order valence-electron chi connectivity index (χ1n) is 10.6. The fourth-order valence-electron chi connectivity index (χ4n) is 3.13. The summed E-state index contributed by atoms with van der Waals surface area (Å²) in [6, 6.07) is 6.71. The lowest BCUT2D eigenvalue weighted by atomic mass is 10.1. The van der Waals surface area contributed by atoms with Gasteiger partial charge in [0, 0.05) is 17.1 Å². The van der Waals surface area contributed by atoms with Crippen molar-refractivity contribution < 1.29 is 29.0 Å². The summed E-state index contributed by atoms with van der Waals surface area (Å²) in [6.07, 6.45) is -0.374. The third-order valence-corrected chi connectivity index (χ3v) is 4.40. The fraction of sp³-hybridized carbons (Fsp3) is 0.391. The highest BCUT2D eigenvalue weighted by atomic mass is 16.6. The lowest BCUT2D eigenvalue weighted by Crippen LogP contribution is -2.44. The minimum Gasteiger partial charge on any atom is -0.463 e. The van der Waals surface area contributed by atoms with Crippen molar-refractivity contribution in [3.05, 3.63) is 30.6 Å². The van der Waals surface area contributed by atoms with Crippen molar-refractivity contribution >= 4 is 35.0 Å². The quantitative estimate of drug-likeness (QED) is 0.563. The van der Waals surface area contributed by atoms with Crippen LogP contribution in [0.4, 0.5) is 20.2 Å². The topological polar surface area (TPSA) is 153 Å². The molecule has 0 spiro atoms. The molecule has 0 saturated heterocycles. The molecular formula is C23H26N6O6. The number of aromatic nitrogens is 4. The predicted molar refractivity (Wildman–Crippen MR) is 125 cm³/mol. The Labute approximate surface area is 201 Å². The number of benzene rings is 1. The molecule has 2 aromatic heterocycles. The van der Waals surface area contributed by atoms with E-state index in [0.717, 1.165) is 0 Å². The van der Waals surface area contributed by atoms with Gasteiger partial charge in [0.15, 0.2) is 5.82 Å². The van der Waals surface area contributed by atoms with Gasteiger partial charge >= 0.3 is 18.3 Å². The molecule has 3 rings (SSSR count). The maximum atomic E-state index is 13.1. The van der Waals surface area contributed by atoms with Gasteiger partial charge in [-0.3, -0.25) is 4.68 Å². The Morgan fingerprint density at radius 2 is 1.66 bits per heavy atom. The van der Waals surface area contributed by atoms with Gasteiger partial charge in [0.1, 0.15) is 17.7 Å². The predicted octanol–water partition coefficient (Wildman–Crippen LogP) is 4.63. The van der Waals surface area contributed by atoms with E-state index in [1.54, 1.807) is 66.1 Å². The van der Waals surface area contributed by atoms with Crippen LogP contribution in [0.3, 0.4) is 0 Å². The zero-order valence-electron chi connectivity index (χ0n) is 20.3. The third kappa shape index (κ3) is 5.75. The number of carbonyl (C=O) groups excluding carboxylic acids is 2. The Kier molecular flexibility index (Phi) is 6.55. The first-order valence-corrected chi connectivity index (χ1v) is 10.6. The summed E-state index contributed by atoms with van der Waals surface area (Å²) in [7, 11) is 0. The van der Waals surface area contributed by atoms with Gasteiger partial charge in [-0.15, -0.1) is 5.10 Å². The second-order valence-corrected chi connectivity index (χ2v) is 9.63. The van der Waals surface area contributed by atoms with Crippen LogP contribution in [0.1, 0.15) is 41.5 Å². The number of anilines is 1.